The lowest BCUT2D eigenvalue weighted by molar-refractivity contribution is -0.115. The second-order valence-corrected chi connectivity index (χ2v) is 12.4. The van der Waals surface area contributed by atoms with E-state index in [0.29, 0.717) is 37.5 Å². The molecule has 1 amide bonds. The summed E-state index contributed by atoms with van der Waals surface area (Å²) in [5, 5.41) is 4.50. The van der Waals surface area contributed by atoms with Gasteiger partial charge in [0.25, 0.3) is 5.91 Å². The average Bonchev–Trinajstić information content (AvgIpc) is 3.34. The van der Waals surface area contributed by atoms with Crippen LogP contribution in [0, 0.1) is 0 Å². The lowest BCUT2D eigenvalue weighted by Gasteiger charge is -2.43. The summed E-state index contributed by atoms with van der Waals surface area (Å²) in [4.78, 5) is 21.0. The minimum Gasteiger partial charge on any atom is -0.371 e. The number of hydrogen-bond acceptors (Lipinski definition) is 4. The summed E-state index contributed by atoms with van der Waals surface area (Å²) in [5.74, 6) is 0.374. The molecular weight excluding hydrogens is 569 g/mol. The highest BCUT2D eigenvalue weighted by Gasteiger charge is 2.35. The van der Waals surface area contributed by atoms with Crippen LogP contribution in [0.25, 0.3) is 6.08 Å². The normalized spacial score (nSPS) is 21.7. The second kappa shape index (κ2) is 11.1. The first-order valence-corrected chi connectivity index (χ1v) is 15.4. The molecule has 0 spiro atoms. The van der Waals surface area contributed by atoms with Gasteiger partial charge < -0.3 is 10.2 Å². The monoisotopic (exact) mass is 595 g/mol. The lowest BCUT2D eigenvalue weighted by Crippen LogP contribution is -2.37. The molecule has 0 saturated carbocycles. The Labute approximate surface area is 254 Å². The van der Waals surface area contributed by atoms with Crippen molar-refractivity contribution in [2.75, 3.05) is 18.0 Å². The zero-order valence-corrected chi connectivity index (χ0v) is 24.5. The predicted molar refractivity (Wildman–Crippen MR) is 172 cm³/mol. The van der Waals surface area contributed by atoms with Crippen LogP contribution in [0.3, 0.4) is 0 Å². The van der Waals surface area contributed by atoms with E-state index in [1.165, 1.54) is 39.7 Å². The maximum Gasteiger partial charge on any atom is 0.264 e. The van der Waals surface area contributed by atoms with Gasteiger partial charge in [-0.15, -0.1) is 0 Å². The van der Waals surface area contributed by atoms with Gasteiger partial charge >= 0.3 is 0 Å². The minimum absolute atomic E-state index is 0.209. The molecule has 0 aromatic heterocycles. The van der Waals surface area contributed by atoms with Gasteiger partial charge in [0.2, 0.25) is 0 Å². The fourth-order valence-electron chi connectivity index (χ4n) is 6.28. The Bertz CT molecular complexity index is 1610. The average molecular weight is 597 g/mol. The van der Waals surface area contributed by atoms with E-state index in [2.05, 4.69) is 83.0 Å². The smallest absolute Gasteiger partial charge is 0.264 e. The SMILES string of the molecule is O=C1NC(=Nc2cc3c4c(c2)[C@H](c2ccccc2)CCN4CC[C@H]3c2ccccc2)S/C1=C\c1c(Cl)cccc1Cl. The number of benzene rings is 4. The number of carbonyl (C=O) groups is 1. The molecule has 2 atom stereocenters. The van der Waals surface area contributed by atoms with Crippen LogP contribution in [0.2, 0.25) is 10.0 Å². The van der Waals surface area contributed by atoms with E-state index in [4.69, 9.17) is 28.2 Å². The van der Waals surface area contributed by atoms with Gasteiger partial charge in [-0.25, -0.2) is 4.99 Å². The Morgan fingerprint density at radius 1 is 0.805 bits per heavy atom. The van der Waals surface area contributed by atoms with Gasteiger partial charge in [-0.05, 0) is 77.2 Å². The van der Waals surface area contributed by atoms with Crippen molar-refractivity contribution < 1.29 is 4.79 Å². The number of amides is 1. The van der Waals surface area contributed by atoms with Crippen LogP contribution in [0.4, 0.5) is 11.4 Å². The second-order valence-electron chi connectivity index (χ2n) is 10.6. The van der Waals surface area contributed by atoms with E-state index in [1.807, 2.05) is 0 Å². The highest BCUT2D eigenvalue weighted by molar-refractivity contribution is 8.18. The number of nitrogens with zero attached hydrogens (tertiary/aromatic N) is 2. The highest BCUT2D eigenvalue weighted by Crippen LogP contribution is 2.50. The summed E-state index contributed by atoms with van der Waals surface area (Å²) in [6, 6.07) is 31.3. The molecular formula is C34H27Cl2N3OS. The number of rotatable bonds is 4. The first-order chi connectivity index (χ1) is 20.0. The van der Waals surface area contributed by atoms with Gasteiger partial charge in [0.1, 0.15) is 0 Å². The molecule has 204 valence electrons. The predicted octanol–water partition coefficient (Wildman–Crippen LogP) is 8.76. The maximum absolute atomic E-state index is 12.9. The van der Waals surface area contributed by atoms with E-state index < -0.39 is 0 Å². The van der Waals surface area contributed by atoms with Crippen LogP contribution >= 0.6 is 35.0 Å². The Balaban J connectivity index is 1.32. The van der Waals surface area contributed by atoms with Crippen LogP contribution < -0.4 is 10.2 Å². The Hall–Kier alpha value is -3.51. The fraction of sp³-hybridized carbons (Fsp3) is 0.176. The van der Waals surface area contributed by atoms with Crippen molar-refractivity contribution in [1.82, 2.24) is 5.32 Å². The molecule has 1 saturated heterocycles. The summed E-state index contributed by atoms with van der Waals surface area (Å²) in [7, 11) is 0. The van der Waals surface area contributed by atoms with E-state index in [-0.39, 0.29) is 5.91 Å². The van der Waals surface area contributed by atoms with E-state index in [1.54, 1.807) is 24.3 Å². The van der Waals surface area contributed by atoms with Crippen LogP contribution in [-0.2, 0) is 4.79 Å². The van der Waals surface area contributed by atoms with Crippen LogP contribution in [0.15, 0.2) is 101 Å². The van der Waals surface area contributed by atoms with Gasteiger partial charge in [-0.2, -0.15) is 0 Å². The van der Waals surface area contributed by atoms with E-state index in [0.717, 1.165) is 31.6 Å². The molecule has 0 bridgehead atoms. The Morgan fingerprint density at radius 2 is 1.37 bits per heavy atom. The largest absolute Gasteiger partial charge is 0.371 e. The molecule has 3 heterocycles. The summed E-state index contributed by atoms with van der Waals surface area (Å²) >= 11 is 14.0. The molecule has 7 rings (SSSR count). The summed E-state index contributed by atoms with van der Waals surface area (Å²) in [5.41, 5.74) is 8.11. The molecule has 7 heteroatoms. The Kier molecular flexibility index (Phi) is 7.11. The number of amidine groups is 1. The van der Waals surface area contributed by atoms with Crippen molar-refractivity contribution in [3.63, 3.8) is 0 Å². The first-order valence-electron chi connectivity index (χ1n) is 13.8. The number of aliphatic imine (C=N–C) groups is 1. The molecule has 4 aromatic carbocycles. The van der Waals surface area contributed by atoms with Crippen LogP contribution in [0.1, 0.15) is 52.5 Å². The first kappa shape index (κ1) is 26.4. The third kappa shape index (κ3) is 5.07. The zero-order valence-electron chi connectivity index (χ0n) is 22.2. The molecule has 1 fully saturated rings. The van der Waals surface area contributed by atoms with E-state index >= 15 is 0 Å². The molecule has 4 nitrogen and oxygen atoms in total. The highest BCUT2D eigenvalue weighted by atomic mass is 35.5. The number of anilines is 1. The van der Waals surface area contributed by atoms with Crippen molar-refractivity contribution in [3.05, 3.63) is 134 Å². The quantitative estimate of drug-likeness (QED) is 0.240. The van der Waals surface area contributed by atoms with Crippen molar-refractivity contribution in [1.29, 1.82) is 0 Å². The number of thioether (sulfide) groups is 1. The summed E-state index contributed by atoms with van der Waals surface area (Å²) < 4.78 is 0. The standard InChI is InChI=1S/C34H27Cl2N3OS/c35-29-12-7-13-30(36)28(29)20-31-33(40)38-34(41-31)37-23-18-26-24(21-8-3-1-4-9-21)14-16-39-17-15-25(27(19-23)32(26)39)22-10-5-2-6-11-22/h1-13,18-20,24-25H,14-17H2,(H,37,38,40)/b31-20-/t24-,25-/m0/s1. The van der Waals surface area contributed by atoms with Crippen molar-refractivity contribution in [2.24, 2.45) is 4.99 Å². The molecule has 3 aliphatic rings. The number of nitrogens with one attached hydrogen (secondary N) is 1. The summed E-state index contributed by atoms with van der Waals surface area (Å²) in [6.45, 7) is 2.08. The van der Waals surface area contributed by atoms with E-state index in [9.17, 15) is 4.79 Å². The minimum atomic E-state index is -0.209. The Morgan fingerprint density at radius 3 is 1.93 bits per heavy atom. The number of carbonyl (C=O) groups excluding carboxylic acids is 1. The summed E-state index contributed by atoms with van der Waals surface area (Å²) in [6.07, 6.45) is 3.85. The molecule has 41 heavy (non-hydrogen) atoms. The van der Waals surface area contributed by atoms with Crippen LogP contribution in [0.5, 0.6) is 0 Å². The molecule has 3 aliphatic heterocycles. The molecule has 1 N–H and O–H groups in total. The van der Waals surface area contributed by atoms with Gasteiger partial charge in [0.05, 0.1) is 10.6 Å². The van der Waals surface area contributed by atoms with Gasteiger partial charge in [0, 0.05) is 46.2 Å². The third-order valence-corrected chi connectivity index (χ3v) is 9.73. The molecule has 0 aliphatic carbocycles. The van der Waals surface area contributed by atoms with Gasteiger partial charge in [-0.1, -0.05) is 89.9 Å². The third-order valence-electron chi connectivity index (χ3n) is 8.16. The number of hydrogen-bond donors (Lipinski definition) is 1. The maximum atomic E-state index is 12.9. The van der Waals surface area contributed by atoms with Crippen molar-refractivity contribution >= 4 is 63.5 Å². The fourth-order valence-corrected chi connectivity index (χ4v) is 7.61. The molecule has 4 aromatic rings. The van der Waals surface area contributed by atoms with Gasteiger partial charge in [-0.3, -0.25) is 4.79 Å². The zero-order chi connectivity index (χ0) is 27.9. The molecule has 0 radical (unpaired) electrons. The number of halogens is 2. The van der Waals surface area contributed by atoms with Crippen molar-refractivity contribution in [3.8, 4) is 0 Å². The molecule has 0 unspecified atom stereocenters. The van der Waals surface area contributed by atoms with Crippen LogP contribution in [-0.4, -0.2) is 24.2 Å². The lowest BCUT2D eigenvalue weighted by atomic mass is 9.76. The topological polar surface area (TPSA) is 44.7 Å². The van der Waals surface area contributed by atoms with Crippen molar-refractivity contribution in [2.45, 2.75) is 24.7 Å². The van der Waals surface area contributed by atoms with Gasteiger partial charge in [0.15, 0.2) is 5.17 Å².